The summed E-state index contributed by atoms with van der Waals surface area (Å²) in [5.41, 5.74) is 17.9. The maximum atomic E-state index is 14.1. The van der Waals surface area contributed by atoms with Crippen LogP contribution in [0.15, 0.2) is 93.9 Å². The molecule has 3 aliphatic heterocycles. The molecule has 0 spiro atoms. The number of fused-ring (bicyclic) bond motifs is 7. The maximum Gasteiger partial charge on any atom is 0.220 e. The molecule has 434 valence electrons. The Morgan fingerprint density at radius 1 is 0.831 bits per heavy atom. The normalized spacial score (nSPS) is 18.4. The number of rotatable bonds is 23. The summed E-state index contributed by atoms with van der Waals surface area (Å²) < 4.78 is 29.0. The number of carbonyl (C=O) groups excluding carboxylic acids is 2. The van der Waals surface area contributed by atoms with E-state index >= 15 is 0 Å². The van der Waals surface area contributed by atoms with Gasteiger partial charge in [0.2, 0.25) is 5.91 Å². The van der Waals surface area contributed by atoms with Crippen molar-refractivity contribution in [3.8, 4) is 23.3 Å². The highest BCUT2D eigenvalue weighted by molar-refractivity contribution is 6.11. The first-order valence-electron chi connectivity index (χ1n) is 29.8. The fourth-order valence-electron chi connectivity index (χ4n) is 12.5. The van der Waals surface area contributed by atoms with Gasteiger partial charge in [0.25, 0.3) is 0 Å². The largest absolute Gasteiger partial charge is 0.487 e. The predicted molar refractivity (Wildman–Crippen MR) is 328 cm³/mol. The summed E-state index contributed by atoms with van der Waals surface area (Å²) in [5, 5.41) is 7.42. The highest BCUT2D eigenvalue weighted by Gasteiger charge is 2.44. The smallest absolute Gasteiger partial charge is 0.220 e. The number of ketones is 1. The van der Waals surface area contributed by atoms with Gasteiger partial charge in [-0.05, 0) is 112 Å². The van der Waals surface area contributed by atoms with Gasteiger partial charge in [-0.2, -0.15) is 0 Å². The minimum absolute atomic E-state index is 0.000872. The van der Waals surface area contributed by atoms with E-state index in [1.807, 2.05) is 60.7 Å². The fourth-order valence-corrected chi connectivity index (χ4v) is 12.5. The zero-order valence-corrected chi connectivity index (χ0v) is 49.8. The molecule has 4 N–H and O–H groups in total. The van der Waals surface area contributed by atoms with Crippen molar-refractivity contribution in [3.63, 3.8) is 0 Å². The number of ether oxygens (including phenoxy) is 5. The number of anilines is 2. The molecule has 10 rings (SSSR count). The van der Waals surface area contributed by atoms with E-state index in [1.165, 1.54) is 30.3 Å². The van der Waals surface area contributed by atoms with Crippen molar-refractivity contribution in [2.24, 2.45) is 27.7 Å². The molecule has 15 heteroatoms. The van der Waals surface area contributed by atoms with Crippen molar-refractivity contribution in [2.75, 3.05) is 52.6 Å². The Balaban J connectivity index is 0.843. The van der Waals surface area contributed by atoms with E-state index in [2.05, 4.69) is 97.0 Å². The minimum atomic E-state index is -0.206. The number of Topliss-reactive ketones (excluding diaryl/α,β-unsaturated/α-hetero) is 1. The van der Waals surface area contributed by atoms with Crippen molar-refractivity contribution in [1.29, 1.82) is 0 Å². The van der Waals surface area contributed by atoms with Crippen LogP contribution in [0.1, 0.15) is 165 Å². The molecule has 3 aromatic carbocycles. The Bertz CT molecular complexity index is 3570. The van der Waals surface area contributed by atoms with E-state index in [1.54, 1.807) is 14.2 Å². The van der Waals surface area contributed by atoms with Gasteiger partial charge in [-0.25, -0.2) is 9.97 Å². The van der Waals surface area contributed by atoms with Gasteiger partial charge >= 0.3 is 0 Å². The second-order valence-electron chi connectivity index (χ2n) is 22.6. The second kappa shape index (κ2) is 26.7. The first-order valence-corrected chi connectivity index (χ1v) is 29.8. The standard InChI is InChI=1S/C68H80N8O7/c1-10-12-13-14-25-81-44(7)64-42(5)55-34-54-41(4)50(66(75-54)52-32-60(77)65-43(6)56(76-67(52)65)35-58-49(11-2)40(3)53(73-58)36-59(64)74-55)23-24-63(78)69-38-47-19-15-17-45(30-47)21-22-46-18-16-20-48(31-46)72-68-51-33-61(82-28-26-79-8)62(83-29-27-80-9)37-57(51)70-39-71-68/h15-20,30-31,33-34,37,39,41,44,49-50,52,74,76H,10-14,23-29,32,35-36,38H2,1-9H3,(H,69,78)(H,70,71,72)/t41-,44?,49?,50-,52?/m0/s1. The Hall–Kier alpha value is -7.64. The molecular weight excluding hydrogens is 1040 g/mol. The first-order chi connectivity index (χ1) is 40.3. The van der Waals surface area contributed by atoms with Gasteiger partial charge in [0, 0.05) is 162 Å². The third-order valence-electron chi connectivity index (χ3n) is 17.1. The van der Waals surface area contributed by atoms with E-state index in [9.17, 15) is 9.59 Å². The maximum absolute atomic E-state index is 14.1. The highest BCUT2D eigenvalue weighted by atomic mass is 16.5. The number of benzene rings is 3. The molecule has 6 aromatic rings. The van der Waals surface area contributed by atoms with Crippen molar-refractivity contribution < 1.29 is 33.3 Å². The average molecular weight is 1120 g/mol. The van der Waals surface area contributed by atoms with Crippen molar-refractivity contribution in [2.45, 2.75) is 131 Å². The van der Waals surface area contributed by atoms with Crippen LogP contribution in [-0.4, -0.2) is 90.3 Å². The fraction of sp³-hybridized carbons (Fsp3) is 0.441. The minimum Gasteiger partial charge on any atom is -0.487 e. The van der Waals surface area contributed by atoms with E-state index in [-0.39, 0.29) is 41.5 Å². The summed E-state index contributed by atoms with van der Waals surface area (Å²) in [4.78, 5) is 55.7. The van der Waals surface area contributed by atoms with Crippen molar-refractivity contribution in [3.05, 3.63) is 146 Å². The number of carbonyl (C=O) groups is 2. The number of hydrogen-bond donors (Lipinski definition) is 4. The van der Waals surface area contributed by atoms with E-state index in [4.69, 9.17) is 33.7 Å². The number of H-pyrrole nitrogens is 2. The van der Waals surface area contributed by atoms with Gasteiger partial charge in [-0.15, -0.1) is 0 Å². The molecule has 8 bridgehead atoms. The SMILES string of the molecule is CCCCCCOC(C)c1c2[nH]c(c1C)C=C1N=C(C3CC(=O)c4c3[nH]c(c4C)CC3=NC(=C(C)C3CC)C2)[C@@H](CCC(=O)NCc2cccc(C#Cc3cccc(Nc4ncnc5cc(OCCOC)c(OCCOC)cc45)c3)c2)[C@@H]1C. The zero-order chi connectivity index (χ0) is 58.1. The zero-order valence-electron chi connectivity index (χ0n) is 49.8. The van der Waals surface area contributed by atoms with Crippen LogP contribution in [0.25, 0.3) is 17.0 Å². The van der Waals surface area contributed by atoms with Crippen molar-refractivity contribution >= 4 is 51.6 Å². The highest BCUT2D eigenvalue weighted by Crippen LogP contribution is 2.47. The summed E-state index contributed by atoms with van der Waals surface area (Å²) in [7, 11) is 3.26. The lowest BCUT2D eigenvalue weighted by atomic mass is 9.81. The van der Waals surface area contributed by atoms with Crippen molar-refractivity contribution in [1.82, 2.24) is 25.3 Å². The monoisotopic (exact) mass is 1120 g/mol. The van der Waals surface area contributed by atoms with Gasteiger partial charge in [0.05, 0.1) is 24.8 Å². The number of nitrogens with one attached hydrogen (secondary N) is 4. The molecular formula is C68H80N8O7. The molecule has 83 heavy (non-hydrogen) atoms. The summed E-state index contributed by atoms with van der Waals surface area (Å²) in [6.07, 6.45) is 11.8. The van der Waals surface area contributed by atoms with E-state index < -0.39 is 0 Å². The summed E-state index contributed by atoms with van der Waals surface area (Å²) in [6, 6.07) is 19.5. The summed E-state index contributed by atoms with van der Waals surface area (Å²) in [5.74, 6) is 8.45. The Labute approximate surface area is 488 Å². The average Bonchev–Trinajstić information content (AvgIpc) is 3.28. The number of methoxy groups -OCH3 is 2. The number of aromatic nitrogens is 4. The molecule has 6 heterocycles. The van der Waals surface area contributed by atoms with Crippen LogP contribution in [0.2, 0.25) is 0 Å². The summed E-state index contributed by atoms with van der Waals surface area (Å²) >= 11 is 0. The molecule has 1 aliphatic carbocycles. The number of nitrogens with zero attached hydrogens (tertiary/aromatic N) is 4. The van der Waals surface area contributed by atoms with Crippen LogP contribution in [0.4, 0.5) is 11.5 Å². The number of aliphatic imine (C=N–C) groups is 2. The molecule has 1 amide bonds. The molecule has 0 saturated carbocycles. The lowest BCUT2D eigenvalue weighted by Gasteiger charge is -2.22. The molecule has 3 aromatic heterocycles. The first kappa shape index (κ1) is 58.6. The molecule has 3 unspecified atom stereocenters. The molecule has 5 atom stereocenters. The number of allylic oxidation sites excluding steroid dienone is 3. The van der Waals surface area contributed by atoms with Crippen LogP contribution >= 0.6 is 0 Å². The molecule has 15 nitrogen and oxygen atoms in total. The summed E-state index contributed by atoms with van der Waals surface area (Å²) in [6.45, 7) is 18.0. The molecule has 4 aliphatic rings. The molecule has 0 fully saturated rings. The number of aromatic amines is 2. The van der Waals surface area contributed by atoms with Gasteiger partial charge in [-0.1, -0.05) is 70.1 Å². The van der Waals surface area contributed by atoms with Crippen LogP contribution in [0.5, 0.6) is 11.5 Å². The third-order valence-corrected chi connectivity index (χ3v) is 17.1. The second-order valence-corrected chi connectivity index (χ2v) is 22.6. The van der Waals surface area contributed by atoms with Gasteiger partial charge < -0.3 is 44.3 Å². The van der Waals surface area contributed by atoms with Gasteiger partial charge in [0.1, 0.15) is 25.4 Å². The lowest BCUT2D eigenvalue weighted by molar-refractivity contribution is -0.121. The van der Waals surface area contributed by atoms with Crippen LogP contribution in [0.3, 0.4) is 0 Å². The Morgan fingerprint density at radius 2 is 1.59 bits per heavy atom. The predicted octanol–water partition coefficient (Wildman–Crippen LogP) is 13.1. The topological polar surface area (TPSA) is 186 Å². The Morgan fingerprint density at radius 3 is 2.35 bits per heavy atom. The van der Waals surface area contributed by atoms with E-state index in [0.717, 1.165) is 116 Å². The molecule has 0 radical (unpaired) electrons. The van der Waals surface area contributed by atoms with Crippen LogP contribution < -0.4 is 20.1 Å². The van der Waals surface area contributed by atoms with Crippen LogP contribution in [0, 0.1) is 43.4 Å². The number of amides is 1. The number of unbranched alkanes of at least 4 members (excludes halogenated alkanes) is 3. The molecule has 0 saturated heterocycles. The Kier molecular flexibility index (Phi) is 18.9. The van der Waals surface area contributed by atoms with E-state index in [0.29, 0.717) is 87.9 Å². The number of hydrogen-bond acceptors (Lipinski definition) is 12. The lowest BCUT2D eigenvalue weighted by Crippen LogP contribution is -2.27. The third kappa shape index (κ3) is 13.1. The quantitative estimate of drug-likeness (QED) is 0.0355. The van der Waals surface area contributed by atoms with Crippen LogP contribution in [-0.2, 0) is 38.4 Å². The van der Waals surface area contributed by atoms with Gasteiger partial charge in [-0.3, -0.25) is 19.6 Å². The van der Waals surface area contributed by atoms with Gasteiger partial charge in [0.15, 0.2) is 17.3 Å².